The zero-order valence-electron chi connectivity index (χ0n) is 14.5. The number of hydrogen-bond acceptors (Lipinski definition) is 6. The van der Waals surface area contributed by atoms with Gasteiger partial charge in [0.25, 0.3) is 0 Å². The molecule has 3 aliphatic rings. The summed E-state index contributed by atoms with van der Waals surface area (Å²) in [7, 11) is 0. The molecule has 0 atom stereocenters. The van der Waals surface area contributed by atoms with Crippen molar-refractivity contribution >= 4 is 11.6 Å². The number of anilines is 2. The zero-order valence-corrected chi connectivity index (χ0v) is 14.5. The van der Waals surface area contributed by atoms with Crippen molar-refractivity contribution in [2.45, 2.75) is 24.8 Å². The van der Waals surface area contributed by atoms with Crippen LogP contribution in [0.5, 0.6) is 0 Å². The van der Waals surface area contributed by atoms with Crippen molar-refractivity contribution in [3.05, 3.63) is 42.5 Å². The third-order valence-corrected chi connectivity index (χ3v) is 5.59. The normalized spacial score (nSPS) is 22.1. The summed E-state index contributed by atoms with van der Waals surface area (Å²) in [6.07, 6.45) is 6.32. The smallest absolute Gasteiger partial charge is 0.133 e. The molecule has 0 spiro atoms. The summed E-state index contributed by atoms with van der Waals surface area (Å²) in [5.74, 6) is 3.88. The lowest BCUT2D eigenvalue weighted by Crippen LogP contribution is -2.63. The van der Waals surface area contributed by atoms with Crippen LogP contribution < -0.4 is 9.80 Å². The average Bonchev–Trinajstić information content (AvgIpc) is 3.47. The van der Waals surface area contributed by atoms with Gasteiger partial charge in [0, 0.05) is 63.6 Å². The topological polar surface area (TPSA) is 48.4 Å². The SMILES string of the molecule is c1ccc(N2CCN(C3CN(c4ccnc(C5CC5)n4)C3)CC2)nc1. The quantitative estimate of drug-likeness (QED) is 0.848. The first-order valence-corrected chi connectivity index (χ1v) is 9.35. The van der Waals surface area contributed by atoms with Crippen LogP contribution in [-0.4, -0.2) is 65.2 Å². The molecule has 3 fully saturated rings. The number of hydrogen-bond donors (Lipinski definition) is 0. The van der Waals surface area contributed by atoms with Crippen LogP contribution in [0.1, 0.15) is 24.6 Å². The molecule has 2 aromatic rings. The van der Waals surface area contributed by atoms with Gasteiger partial charge in [-0.3, -0.25) is 4.90 Å². The molecule has 1 aliphatic carbocycles. The highest BCUT2D eigenvalue weighted by atomic mass is 15.4. The summed E-state index contributed by atoms with van der Waals surface area (Å²) >= 11 is 0. The van der Waals surface area contributed by atoms with Crippen molar-refractivity contribution in [1.82, 2.24) is 19.9 Å². The molecule has 5 rings (SSSR count). The summed E-state index contributed by atoms with van der Waals surface area (Å²) < 4.78 is 0. The molecule has 4 heterocycles. The van der Waals surface area contributed by atoms with Gasteiger partial charge in [-0.15, -0.1) is 0 Å². The number of piperazine rings is 1. The third-order valence-electron chi connectivity index (χ3n) is 5.59. The maximum absolute atomic E-state index is 4.77. The first kappa shape index (κ1) is 15.1. The highest BCUT2D eigenvalue weighted by Crippen LogP contribution is 2.38. The van der Waals surface area contributed by atoms with E-state index in [-0.39, 0.29) is 0 Å². The zero-order chi connectivity index (χ0) is 16.6. The maximum Gasteiger partial charge on any atom is 0.133 e. The summed E-state index contributed by atoms with van der Waals surface area (Å²) in [6.45, 7) is 6.54. The third kappa shape index (κ3) is 3.06. The van der Waals surface area contributed by atoms with Gasteiger partial charge in [-0.1, -0.05) is 6.07 Å². The van der Waals surface area contributed by atoms with Gasteiger partial charge in [-0.25, -0.2) is 15.0 Å². The molecule has 0 aromatic carbocycles. The Kier molecular flexibility index (Phi) is 3.77. The largest absolute Gasteiger partial charge is 0.354 e. The molecule has 2 aliphatic heterocycles. The Morgan fingerprint density at radius 2 is 1.64 bits per heavy atom. The Balaban J connectivity index is 1.15. The van der Waals surface area contributed by atoms with E-state index in [1.54, 1.807) is 0 Å². The number of nitrogens with zero attached hydrogens (tertiary/aromatic N) is 6. The molecule has 0 amide bonds. The molecule has 2 aromatic heterocycles. The van der Waals surface area contributed by atoms with Crippen LogP contribution in [0.2, 0.25) is 0 Å². The van der Waals surface area contributed by atoms with E-state index >= 15 is 0 Å². The van der Waals surface area contributed by atoms with Gasteiger partial charge in [-0.05, 0) is 31.0 Å². The Bertz CT molecular complexity index is 718. The van der Waals surface area contributed by atoms with Crippen LogP contribution in [0.4, 0.5) is 11.6 Å². The lowest BCUT2D eigenvalue weighted by atomic mass is 10.1. The van der Waals surface area contributed by atoms with Crippen LogP contribution in [0.25, 0.3) is 0 Å². The van der Waals surface area contributed by atoms with Gasteiger partial charge in [-0.2, -0.15) is 0 Å². The van der Waals surface area contributed by atoms with Crippen molar-refractivity contribution in [2.75, 3.05) is 49.1 Å². The standard InChI is InChI=1S/C19H24N6/c1-2-7-20-17(3-1)24-11-9-23(10-12-24)16-13-25(14-16)18-6-8-21-19(22-18)15-4-5-15/h1-3,6-8,15-16H,4-5,9-14H2. The van der Waals surface area contributed by atoms with Crippen LogP contribution in [0, 0.1) is 0 Å². The predicted octanol–water partition coefficient (Wildman–Crippen LogP) is 1.76. The molecule has 1 saturated carbocycles. The average molecular weight is 336 g/mol. The van der Waals surface area contributed by atoms with Gasteiger partial charge in [0.15, 0.2) is 0 Å². The van der Waals surface area contributed by atoms with E-state index in [2.05, 4.69) is 42.9 Å². The highest BCUT2D eigenvalue weighted by molar-refractivity contribution is 5.43. The van der Waals surface area contributed by atoms with Crippen molar-refractivity contribution in [3.63, 3.8) is 0 Å². The predicted molar refractivity (Wildman–Crippen MR) is 98.0 cm³/mol. The van der Waals surface area contributed by atoms with Crippen molar-refractivity contribution < 1.29 is 0 Å². The monoisotopic (exact) mass is 336 g/mol. The fourth-order valence-electron chi connectivity index (χ4n) is 3.81. The van der Waals surface area contributed by atoms with Gasteiger partial charge in [0.1, 0.15) is 17.5 Å². The highest BCUT2D eigenvalue weighted by Gasteiger charge is 2.35. The molecular weight excluding hydrogens is 312 g/mol. The fourth-order valence-corrected chi connectivity index (χ4v) is 3.81. The summed E-state index contributed by atoms with van der Waals surface area (Å²) in [6, 6.07) is 8.86. The van der Waals surface area contributed by atoms with Gasteiger partial charge >= 0.3 is 0 Å². The van der Waals surface area contributed by atoms with E-state index in [0.29, 0.717) is 12.0 Å². The molecular formula is C19H24N6. The van der Waals surface area contributed by atoms with E-state index in [0.717, 1.165) is 56.7 Å². The molecule has 0 N–H and O–H groups in total. The molecule has 6 heteroatoms. The summed E-state index contributed by atoms with van der Waals surface area (Å²) in [4.78, 5) is 21.1. The number of rotatable bonds is 4. The number of aromatic nitrogens is 3. The van der Waals surface area contributed by atoms with Crippen LogP contribution in [0.15, 0.2) is 36.7 Å². The lowest BCUT2D eigenvalue weighted by Gasteiger charge is -2.48. The molecule has 0 bridgehead atoms. The van der Waals surface area contributed by atoms with Gasteiger partial charge < -0.3 is 9.80 Å². The lowest BCUT2D eigenvalue weighted by molar-refractivity contribution is 0.156. The van der Waals surface area contributed by atoms with Crippen molar-refractivity contribution in [2.24, 2.45) is 0 Å². The van der Waals surface area contributed by atoms with Crippen molar-refractivity contribution in [1.29, 1.82) is 0 Å². The number of pyridine rings is 1. The van der Waals surface area contributed by atoms with E-state index in [4.69, 9.17) is 4.98 Å². The van der Waals surface area contributed by atoms with Crippen LogP contribution in [-0.2, 0) is 0 Å². The van der Waals surface area contributed by atoms with E-state index in [1.165, 1.54) is 12.8 Å². The van der Waals surface area contributed by atoms with Gasteiger partial charge in [0.2, 0.25) is 0 Å². The minimum Gasteiger partial charge on any atom is -0.354 e. The maximum atomic E-state index is 4.77. The molecule has 130 valence electrons. The molecule has 6 nitrogen and oxygen atoms in total. The van der Waals surface area contributed by atoms with E-state index in [9.17, 15) is 0 Å². The second-order valence-corrected chi connectivity index (χ2v) is 7.32. The summed E-state index contributed by atoms with van der Waals surface area (Å²) in [5, 5.41) is 0. The van der Waals surface area contributed by atoms with Crippen LogP contribution in [0.3, 0.4) is 0 Å². The van der Waals surface area contributed by atoms with Gasteiger partial charge in [0.05, 0.1) is 0 Å². The minimum absolute atomic E-state index is 0.622. The Morgan fingerprint density at radius 1 is 0.800 bits per heavy atom. The Labute approximate surface area is 148 Å². The van der Waals surface area contributed by atoms with Crippen LogP contribution >= 0.6 is 0 Å². The second kappa shape index (κ2) is 6.26. The molecule has 25 heavy (non-hydrogen) atoms. The minimum atomic E-state index is 0.622. The first-order valence-electron chi connectivity index (χ1n) is 9.35. The van der Waals surface area contributed by atoms with E-state index in [1.807, 2.05) is 18.5 Å². The Morgan fingerprint density at radius 3 is 2.36 bits per heavy atom. The first-order chi connectivity index (χ1) is 12.4. The Hall–Kier alpha value is -2.21. The van der Waals surface area contributed by atoms with Crippen molar-refractivity contribution in [3.8, 4) is 0 Å². The fraction of sp³-hybridized carbons (Fsp3) is 0.526. The molecule has 0 unspecified atom stereocenters. The molecule has 0 radical (unpaired) electrons. The summed E-state index contributed by atoms with van der Waals surface area (Å²) in [5.41, 5.74) is 0. The second-order valence-electron chi connectivity index (χ2n) is 7.32. The molecule has 2 saturated heterocycles. The van der Waals surface area contributed by atoms with E-state index < -0.39 is 0 Å².